The van der Waals surface area contributed by atoms with Crippen LogP contribution in [0.1, 0.15) is 188 Å². The molecule has 0 aliphatic heterocycles. The summed E-state index contributed by atoms with van der Waals surface area (Å²) in [5.74, 6) is 0.178. The van der Waals surface area contributed by atoms with E-state index in [4.69, 9.17) is 9.47 Å². The van der Waals surface area contributed by atoms with Crippen LogP contribution in [0.3, 0.4) is 0 Å². The van der Waals surface area contributed by atoms with Crippen molar-refractivity contribution in [2.45, 2.75) is 200 Å². The molecule has 2 N–H and O–H groups in total. The van der Waals surface area contributed by atoms with Crippen LogP contribution in [0.25, 0.3) is 0 Å². The monoisotopic (exact) mass is 703 g/mol. The van der Waals surface area contributed by atoms with Crippen LogP contribution in [0.2, 0.25) is 0 Å². The van der Waals surface area contributed by atoms with Crippen LogP contribution in [0.15, 0.2) is 48.6 Å². The van der Waals surface area contributed by atoms with Crippen LogP contribution < -0.4 is 0 Å². The zero-order valence-corrected chi connectivity index (χ0v) is 32.7. The second kappa shape index (κ2) is 38.1. The molecule has 0 aromatic rings. The van der Waals surface area contributed by atoms with E-state index in [9.17, 15) is 19.8 Å². The van der Waals surface area contributed by atoms with E-state index in [-0.39, 0.29) is 31.3 Å². The van der Waals surface area contributed by atoms with E-state index < -0.39 is 6.10 Å². The highest BCUT2D eigenvalue weighted by Gasteiger charge is 2.16. The quantitative estimate of drug-likeness (QED) is 0.0383. The van der Waals surface area contributed by atoms with Crippen molar-refractivity contribution in [3.8, 4) is 0 Å². The third-order valence-corrected chi connectivity index (χ3v) is 8.82. The highest BCUT2D eigenvalue weighted by Crippen LogP contribution is 2.15. The maximum Gasteiger partial charge on any atom is 0.306 e. The van der Waals surface area contributed by atoms with Gasteiger partial charge in [-0.1, -0.05) is 159 Å². The number of hydrogen-bond acceptors (Lipinski definition) is 6. The van der Waals surface area contributed by atoms with E-state index >= 15 is 0 Å². The summed E-state index contributed by atoms with van der Waals surface area (Å²) in [5, 5.41) is 18.8. The number of hydrogen-bond donors (Lipinski definition) is 2. The van der Waals surface area contributed by atoms with Gasteiger partial charge in [0.15, 0.2) is 6.10 Å². The first kappa shape index (κ1) is 47.8. The molecular formula is C44H78O6. The average molecular weight is 703 g/mol. The summed E-state index contributed by atoms with van der Waals surface area (Å²) < 4.78 is 10.6. The Balaban J connectivity index is 3.63. The smallest absolute Gasteiger partial charge is 0.306 e. The maximum absolute atomic E-state index is 12.2. The van der Waals surface area contributed by atoms with Crippen LogP contribution in [-0.4, -0.2) is 47.6 Å². The molecule has 0 rings (SSSR count). The molecule has 6 heteroatoms. The van der Waals surface area contributed by atoms with Gasteiger partial charge in [-0.2, -0.15) is 0 Å². The number of allylic oxidation sites excluding steroid dienone is 8. The first-order chi connectivity index (χ1) is 24.3. The number of aliphatic hydroxyl groups excluding tert-OH is 2. The zero-order valence-electron chi connectivity index (χ0n) is 32.7. The lowest BCUT2D eigenvalue weighted by Crippen LogP contribution is -2.28. The molecule has 50 heavy (non-hydrogen) atoms. The fourth-order valence-electron chi connectivity index (χ4n) is 5.69. The van der Waals surface area contributed by atoms with Crippen LogP contribution in [-0.2, 0) is 19.1 Å². The standard InChI is InChI=1S/C44H78O6/c1-40(2)34-30-26-22-18-14-10-6-4-9-13-17-21-25-29-33-37-44(48)50-42(38-45)39-49-43(47)36-32-28-24-20-16-12-8-5-7-11-15-19-23-27-31-35-41(3)46/h7-8,11-12,19-20,23-24,40-42,45-46H,4-6,9-10,13-18,21-22,25-39H2,1-3H3/b11-7-,12-8-,23-19-,24-20-/t41-,42+/m1/s1. The molecule has 0 unspecified atom stereocenters. The summed E-state index contributed by atoms with van der Waals surface area (Å²) in [7, 11) is 0. The van der Waals surface area contributed by atoms with Crippen LogP contribution in [0, 0.1) is 5.92 Å². The van der Waals surface area contributed by atoms with Gasteiger partial charge in [0.25, 0.3) is 0 Å². The molecule has 0 aliphatic carbocycles. The van der Waals surface area contributed by atoms with Gasteiger partial charge in [-0.15, -0.1) is 0 Å². The fraction of sp³-hybridized carbons (Fsp3) is 0.773. The SMILES string of the molecule is CC(C)CCCCCCCCCCCCCCCCCC(=O)O[C@@H](CO)COC(=O)CCC/C=C\C/C=C\C/C=C\C/C=C\CCC[C@@H](C)O. The van der Waals surface area contributed by atoms with Gasteiger partial charge in [0.1, 0.15) is 6.61 Å². The summed E-state index contributed by atoms with van der Waals surface area (Å²) >= 11 is 0. The Morgan fingerprint density at radius 1 is 0.520 bits per heavy atom. The Hall–Kier alpha value is -2.18. The highest BCUT2D eigenvalue weighted by atomic mass is 16.6. The first-order valence-corrected chi connectivity index (χ1v) is 20.6. The zero-order chi connectivity index (χ0) is 36.8. The predicted octanol–water partition coefficient (Wildman–Crippen LogP) is 11.8. The molecular weight excluding hydrogens is 624 g/mol. The van der Waals surface area contributed by atoms with Crippen LogP contribution in [0.4, 0.5) is 0 Å². The first-order valence-electron chi connectivity index (χ1n) is 20.6. The molecule has 0 radical (unpaired) electrons. The van der Waals surface area contributed by atoms with Gasteiger partial charge in [-0.05, 0) is 70.6 Å². The summed E-state index contributed by atoms with van der Waals surface area (Å²) in [6.07, 6.45) is 44.5. The molecule has 0 amide bonds. The van der Waals surface area contributed by atoms with Crippen molar-refractivity contribution >= 4 is 11.9 Å². The van der Waals surface area contributed by atoms with Gasteiger partial charge in [-0.3, -0.25) is 9.59 Å². The summed E-state index contributed by atoms with van der Waals surface area (Å²) in [5.41, 5.74) is 0. The molecule has 0 aliphatic rings. The Morgan fingerprint density at radius 3 is 1.40 bits per heavy atom. The largest absolute Gasteiger partial charge is 0.462 e. The molecule has 2 atom stereocenters. The van der Waals surface area contributed by atoms with Crippen LogP contribution >= 0.6 is 0 Å². The number of carbonyl (C=O) groups excluding carboxylic acids is 2. The van der Waals surface area contributed by atoms with E-state index in [1.54, 1.807) is 0 Å². The predicted molar refractivity (Wildman–Crippen MR) is 211 cm³/mol. The molecule has 0 bridgehead atoms. The number of esters is 2. The lowest BCUT2D eigenvalue weighted by Gasteiger charge is -2.15. The third-order valence-electron chi connectivity index (χ3n) is 8.82. The van der Waals surface area contributed by atoms with Crippen molar-refractivity contribution in [2.75, 3.05) is 13.2 Å². The van der Waals surface area contributed by atoms with Crippen molar-refractivity contribution in [3.05, 3.63) is 48.6 Å². The molecule has 0 aromatic carbocycles. The summed E-state index contributed by atoms with van der Waals surface area (Å²) in [4.78, 5) is 24.3. The van der Waals surface area contributed by atoms with Gasteiger partial charge >= 0.3 is 11.9 Å². The molecule has 0 heterocycles. The van der Waals surface area contributed by atoms with E-state index in [1.807, 2.05) is 6.92 Å². The van der Waals surface area contributed by atoms with E-state index in [0.29, 0.717) is 19.3 Å². The van der Waals surface area contributed by atoms with Gasteiger partial charge in [0.05, 0.1) is 12.7 Å². The van der Waals surface area contributed by atoms with Crippen molar-refractivity contribution in [1.29, 1.82) is 0 Å². The molecule has 0 spiro atoms. The van der Waals surface area contributed by atoms with Crippen molar-refractivity contribution in [1.82, 2.24) is 0 Å². The maximum atomic E-state index is 12.2. The molecule has 290 valence electrons. The van der Waals surface area contributed by atoms with E-state index in [1.165, 1.54) is 83.5 Å². The van der Waals surface area contributed by atoms with E-state index in [0.717, 1.165) is 70.1 Å². The van der Waals surface area contributed by atoms with Gasteiger partial charge in [0, 0.05) is 12.8 Å². The Kier molecular flexibility index (Phi) is 36.4. The topological polar surface area (TPSA) is 93.1 Å². The van der Waals surface area contributed by atoms with Crippen molar-refractivity contribution in [3.63, 3.8) is 0 Å². The average Bonchev–Trinajstić information content (AvgIpc) is 3.09. The van der Waals surface area contributed by atoms with Crippen molar-refractivity contribution < 1.29 is 29.3 Å². The number of carbonyl (C=O) groups is 2. The second-order valence-corrected chi connectivity index (χ2v) is 14.5. The minimum absolute atomic E-state index is 0.102. The third kappa shape index (κ3) is 38.6. The highest BCUT2D eigenvalue weighted by molar-refractivity contribution is 5.70. The Morgan fingerprint density at radius 2 is 0.940 bits per heavy atom. The minimum Gasteiger partial charge on any atom is -0.462 e. The Labute approximate surface area is 308 Å². The number of ether oxygens (including phenoxy) is 2. The number of aliphatic hydroxyl groups is 2. The normalized spacial score (nSPS) is 13.4. The molecule has 0 aromatic heterocycles. The lowest BCUT2D eigenvalue weighted by atomic mass is 10.0. The number of unbranched alkanes of at least 4 members (excludes halogenated alkanes) is 16. The lowest BCUT2D eigenvalue weighted by molar-refractivity contribution is -0.161. The van der Waals surface area contributed by atoms with Gasteiger partial charge in [-0.25, -0.2) is 0 Å². The van der Waals surface area contributed by atoms with Crippen molar-refractivity contribution in [2.24, 2.45) is 5.92 Å². The second-order valence-electron chi connectivity index (χ2n) is 14.5. The fourth-order valence-corrected chi connectivity index (χ4v) is 5.69. The van der Waals surface area contributed by atoms with Gasteiger partial charge in [0.2, 0.25) is 0 Å². The molecule has 0 saturated heterocycles. The number of rotatable bonds is 36. The molecule has 0 saturated carbocycles. The van der Waals surface area contributed by atoms with Crippen LogP contribution in [0.5, 0.6) is 0 Å². The van der Waals surface area contributed by atoms with Gasteiger partial charge < -0.3 is 19.7 Å². The van der Waals surface area contributed by atoms with E-state index in [2.05, 4.69) is 62.5 Å². The molecule has 0 fully saturated rings. The Bertz CT molecular complexity index is 872. The summed E-state index contributed by atoms with van der Waals surface area (Å²) in [6, 6.07) is 0. The summed E-state index contributed by atoms with van der Waals surface area (Å²) in [6.45, 7) is 6.00. The molecule has 6 nitrogen and oxygen atoms in total. The minimum atomic E-state index is -0.800.